The van der Waals surface area contributed by atoms with E-state index in [-0.39, 0.29) is 11.2 Å². The van der Waals surface area contributed by atoms with Crippen LogP contribution in [0.2, 0.25) is 0 Å². The molecular formula is C20H10F6INO. The van der Waals surface area contributed by atoms with Gasteiger partial charge in [-0.2, -0.15) is 26.3 Å². The summed E-state index contributed by atoms with van der Waals surface area (Å²) in [6, 6.07) is 13.2. The fourth-order valence-electron chi connectivity index (χ4n) is 3.10. The van der Waals surface area contributed by atoms with Crippen molar-refractivity contribution in [2.45, 2.75) is 12.4 Å². The number of nitrogens with zero attached hydrogens (tertiary/aromatic N) is 1. The van der Waals surface area contributed by atoms with Crippen molar-refractivity contribution in [3.63, 3.8) is 0 Å². The highest BCUT2D eigenvalue weighted by molar-refractivity contribution is 14.1. The highest BCUT2D eigenvalue weighted by atomic mass is 127. The maximum Gasteiger partial charge on any atom is 0.420 e. The number of hydrogen-bond donors (Lipinski definition) is 0. The summed E-state index contributed by atoms with van der Waals surface area (Å²) in [7, 11) is 0. The van der Waals surface area contributed by atoms with E-state index in [9.17, 15) is 26.3 Å². The van der Waals surface area contributed by atoms with E-state index in [0.29, 0.717) is 22.1 Å². The first-order valence-corrected chi connectivity index (χ1v) is 9.18. The van der Waals surface area contributed by atoms with Crippen molar-refractivity contribution in [2.24, 2.45) is 0 Å². The number of rotatable bonds is 2. The van der Waals surface area contributed by atoms with Crippen molar-refractivity contribution in [3.8, 4) is 0 Å². The Hall–Kier alpha value is -2.43. The van der Waals surface area contributed by atoms with Crippen molar-refractivity contribution < 1.29 is 30.8 Å². The summed E-state index contributed by atoms with van der Waals surface area (Å²) in [5.74, 6) is 0. The second kappa shape index (κ2) is 6.82. The number of fused-ring (bicyclic) bond motifs is 3. The highest BCUT2D eigenvalue weighted by Gasteiger charge is 2.35. The Labute approximate surface area is 174 Å². The van der Waals surface area contributed by atoms with Crippen LogP contribution in [0.25, 0.3) is 21.9 Å². The molecule has 150 valence electrons. The zero-order valence-corrected chi connectivity index (χ0v) is 16.4. The molecule has 0 aliphatic heterocycles. The molecule has 9 heteroatoms. The molecule has 1 aromatic heterocycles. The minimum atomic E-state index is -4.58. The van der Waals surface area contributed by atoms with Gasteiger partial charge in [-0.1, -0.05) is 24.3 Å². The third-order valence-electron chi connectivity index (χ3n) is 4.44. The van der Waals surface area contributed by atoms with E-state index >= 15 is 0 Å². The zero-order valence-electron chi connectivity index (χ0n) is 14.3. The van der Waals surface area contributed by atoms with Crippen molar-refractivity contribution in [2.75, 3.05) is 3.11 Å². The van der Waals surface area contributed by atoms with Gasteiger partial charge in [-0.25, -0.2) is 0 Å². The molecule has 0 aliphatic carbocycles. The standard InChI is InChI=1S/C20H10F6INO/c21-19(22,23)11-7-9-12(10-8-11)28(27)16-6-2-4-14-13-3-1-5-15(20(24,25)26)17(13)29-18(14)16/h1-10H. The van der Waals surface area contributed by atoms with Crippen LogP contribution in [-0.4, -0.2) is 0 Å². The first kappa shape index (κ1) is 19.9. The molecule has 0 spiro atoms. The van der Waals surface area contributed by atoms with Crippen molar-refractivity contribution >= 4 is 56.2 Å². The summed E-state index contributed by atoms with van der Waals surface area (Å²) >= 11 is 1.87. The molecule has 4 aromatic rings. The highest BCUT2D eigenvalue weighted by Crippen LogP contribution is 2.43. The molecule has 4 rings (SSSR count). The van der Waals surface area contributed by atoms with Gasteiger partial charge < -0.3 is 4.42 Å². The molecule has 0 aliphatic rings. The summed E-state index contributed by atoms with van der Waals surface area (Å²) in [4.78, 5) is 0. The molecule has 0 bridgehead atoms. The first-order chi connectivity index (χ1) is 13.6. The molecule has 0 N–H and O–H groups in total. The second-order valence-electron chi connectivity index (χ2n) is 6.26. The molecule has 0 fully saturated rings. The number of anilines is 2. The molecule has 1 heterocycles. The lowest BCUT2D eigenvalue weighted by Crippen LogP contribution is -2.06. The van der Waals surface area contributed by atoms with Crippen LogP contribution in [0.15, 0.2) is 65.1 Å². The van der Waals surface area contributed by atoms with Crippen LogP contribution in [0.3, 0.4) is 0 Å². The fraction of sp³-hybridized carbons (Fsp3) is 0.100. The quantitative estimate of drug-likeness (QED) is 0.151. The first-order valence-electron chi connectivity index (χ1n) is 8.22. The van der Waals surface area contributed by atoms with Gasteiger partial charge in [-0.05, 0) is 36.4 Å². The fourth-order valence-corrected chi connectivity index (χ4v) is 3.81. The second-order valence-corrected chi connectivity index (χ2v) is 7.23. The molecule has 0 saturated heterocycles. The third kappa shape index (κ3) is 3.52. The molecule has 0 amide bonds. The van der Waals surface area contributed by atoms with Gasteiger partial charge >= 0.3 is 12.4 Å². The van der Waals surface area contributed by atoms with Crippen LogP contribution >= 0.6 is 22.9 Å². The van der Waals surface area contributed by atoms with Crippen molar-refractivity contribution in [1.29, 1.82) is 0 Å². The van der Waals surface area contributed by atoms with E-state index < -0.39 is 23.5 Å². The zero-order chi connectivity index (χ0) is 21.0. The van der Waals surface area contributed by atoms with Crippen molar-refractivity contribution in [3.05, 3.63) is 71.8 Å². The molecular weight excluding hydrogens is 511 g/mol. The predicted molar refractivity (Wildman–Crippen MR) is 106 cm³/mol. The summed E-state index contributed by atoms with van der Waals surface area (Å²) in [5, 5.41) is 0.797. The average molecular weight is 521 g/mol. The van der Waals surface area contributed by atoms with Gasteiger partial charge in [0, 0.05) is 10.8 Å². The van der Waals surface area contributed by atoms with Crippen LogP contribution in [0, 0.1) is 0 Å². The Balaban J connectivity index is 1.86. The lowest BCUT2D eigenvalue weighted by Gasteiger charge is -2.17. The number of alkyl halides is 6. The molecule has 0 atom stereocenters. The number of para-hydroxylation sites is 2. The van der Waals surface area contributed by atoms with Gasteiger partial charge in [0.2, 0.25) is 0 Å². The van der Waals surface area contributed by atoms with Crippen LogP contribution in [0.4, 0.5) is 37.7 Å². The van der Waals surface area contributed by atoms with Gasteiger partial charge in [0.05, 0.1) is 45.4 Å². The smallest absolute Gasteiger partial charge is 0.420 e. The Morgan fingerprint density at radius 1 is 0.690 bits per heavy atom. The van der Waals surface area contributed by atoms with E-state index in [0.717, 1.165) is 18.2 Å². The van der Waals surface area contributed by atoms with Gasteiger partial charge in [0.1, 0.15) is 5.58 Å². The Bertz CT molecular complexity index is 1190. The Morgan fingerprint density at radius 3 is 1.86 bits per heavy atom. The van der Waals surface area contributed by atoms with Crippen LogP contribution in [-0.2, 0) is 12.4 Å². The Morgan fingerprint density at radius 2 is 1.28 bits per heavy atom. The average Bonchev–Trinajstić information content (AvgIpc) is 3.04. The third-order valence-corrected chi connectivity index (χ3v) is 5.52. The lowest BCUT2D eigenvalue weighted by molar-refractivity contribution is -0.138. The van der Waals surface area contributed by atoms with Gasteiger partial charge in [0.25, 0.3) is 0 Å². The molecule has 29 heavy (non-hydrogen) atoms. The van der Waals surface area contributed by atoms with E-state index in [4.69, 9.17) is 4.42 Å². The molecule has 3 aromatic carbocycles. The minimum Gasteiger partial charge on any atom is -0.453 e. The summed E-state index contributed by atoms with van der Waals surface area (Å²) in [5.41, 5.74) is -0.891. The van der Waals surface area contributed by atoms with E-state index in [1.807, 2.05) is 22.9 Å². The molecule has 0 unspecified atom stereocenters. The maximum absolute atomic E-state index is 13.3. The maximum atomic E-state index is 13.3. The van der Waals surface area contributed by atoms with E-state index in [2.05, 4.69) is 0 Å². The van der Waals surface area contributed by atoms with Gasteiger partial charge in [-0.15, -0.1) is 0 Å². The molecule has 0 saturated carbocycles. The number of halogens is 7. The Kier molecular flexibility index (Phi) is 4.67. The monoisotopic (exact) mass is 521 g/mol. The van der Waals surface area contributed by atoms with Crippen molar-refractivity contribution in [1.82, 2.24) is 0 Å². The molecule has 0 radical (unpaired) electrons. The van der Waals surface area contributed by atoms with Crippen LogP contribution in [0.5, 0.6) is 0 Å². The number of hydrogen-bond acceptors (Lipinski definition) is 2. The summed E-state index contributed by atoms with van der Waals surface area (Å²) in [6.45, 7) is 0. The number of benzene rings is 3. The van der Waals surface area contributed by atoms with Crippen LogP contribution in [0.1, 0.15) is 11.1 Å². The minimum absolute atomic E-state index is 0.216. The van der Waals surface area contributed by atoms with Crippen LogP contribution < -0.4 is 3.11 Å². The summed E-state index contributed by atoms with van der Waals surface area (Å²) < 4.78 is 85.5. The van der Waals surface area contributed by atoms with Gasteiger partial charge in [0.15, 0.2) is 5.58 Å². The predicted octanol–water partition coefficient (Wildman–Crippen LogP) is 8.11. The topological polar surface area (TPSA) is 16.4 Å². The summed E-state index contributed by atoms with van der Waals surface area (Å²) in [6.07, 6.45) is -9.04. The lowest BCUT2D eigenvalue weighted by atomic mass is 10.1. The molecule has 2 nitrogen and oxygen atoms in total. The number of furan rings is 1. The largest absolute Gasteiger partial charge is 0.453 e. The van der Waals surface area contributed by atoms with E-state index in [1.54, 1.807) is 18.2 Å². The SMILES string of the molecule is FC(F)(F)c1ccc(N(I)c2cccc3c2oc2c(C(F)(F)F)cccc23)cc1. The normalized spacial score (nSPS) is 12.7. The van der Waals surface area contributed by atoms with Gasteiger partial charge in [-0.3, -0.25) is 3.11 Å². The van der Waals surface area contributed by atoms with E-state index in [1.165, 1.54) is 27.4 Å².